The summed E-state index contributed by atoms with van der Waals surface area (Å²) in [6, 6.07) is 9.76. The number of hydrogen-bond acceptors (Lipinski definition) is 3. The SMILES string of the molecule is O=C(O)N1CC[C@H]([C@H](O)COCc2ccccc2)C1. The summed E-state index contributed by atoms with van der Waals surface area (Å²) in [5.74, 6) is -0.0214. The van der Waals surface area contributed by atoms with Crippen LogP contribution in [0, 0.1) is 5.92 Å². The molecule has 0 aliphatic carbocycles. The van der Waals surface area contributed by atoms with E-state index in [1.54, 1.807) is 0 Å². The van der Waals surface area contributed by atoms with Crippen molar-refractivity contribution in [2.45, 2.75) is 19.1 Å². The minimum atomic E-state index is -0.917. The summed E-state index contributed by atoms with van der Waals surface area (Å²) in [4.78, 5) is 12.1. The van der Waals surface area contributed by atoms with E-state index in [2.05, 4.69) is 0 Å². The average Bonchev–Trinajstić information content (AvgIpc) is 2.89. The van der Waals surface area contributed by atoms with Crippen LogP contribution in [-0.2, 0) is 11.3 Å². The molecule has 0 aromatic heterocycles. The monoisotopic (exact) mass is 265 g/mol. The predicted octanol–water partition coefficient (Wildman–Crippen LogP) is 1.56. The van der Waals surface area contributed by atoms with Gasteiger partial charge in [0.1, 0.15) is 0 Å². The predicted molar refractivity (Wildman–Crippen MR) is 69.8 cm³/mol. The lowest BCUT2D eigenvalue weighted by Gasteiger charge is -2.18. The van der Waals surface area contributed by atoms with E-state index in [-0.39, 0.29) is 12.5 Å². The topological polar surface area (TPSA) is 70.0 Å². The van der Waals surface area contributed by atoms with Crippen LogP contribution in [0.2, 0.25) is 0 Å². The van der Waals surface area contributed by atoms with Crippen LogP contribution in [0.1, 0.15) is 12.0 Å². The molecule has 19 heavy (non-hydrogen) atoms. The zero-order valence-corrected chi connectivity index (χ0v) is 10.7. The molecule has 2 atom stereocenters. The molecular weight excluding hydrogens is 246 g/mol. The zero-order chi connectivity index (χ0) is 13.7. The van der Waals surface area contributed by atoms with Gasteiger partial charge in [0.2, 0.25) is 0 Å². The van der Waals surface area contributed by atoms with Crippen LogP contribution < -0.4 is 0 Å². The second-order valence-corrected chi connectivity index (χ2v) is 4.85. The molecule has 0 spiro atoms. The summed E-state index contributed by atoms with van der Waals surface area (Å²) in [7, 11) is 0. The quantitative estimate of drug-likeness (QED) is 0.847. The molecule has 1 heterocycles. The minimum Gasteiger partial charge on any atom is -0.465 e. The Morgan fingerprint density at radius 2 is 2.16 bits per heavy atom. The van der Waals surface area contributed by atoms with E-state index in [0.717, 1.165) is 5.56 Å². The van der Waals surface area contributed by atoms with E-state index in [1.165, 1.54) is 4.90 Å². The van der Waals surface area contributed by atoms with Gasteiger partial charge in [-0.3, -0.25) is 0 Å². The molecule has 1 aliphatic heterocycles. The number of rotatable bonds is 5. The lowest BCUT2D eigenvalue weighted by atomic mass is 10.0. The van der Waals surface area contributed by atoms with Crippen molar-refractivity contribution in [3.63, 3.8) is 0 Å². The average molecular weight is 265 g/mol. The van der Waals surface area contributed by atoms with E-state index in [9.17, 15) is 9.90 Å². The Labute approximate surface area is 112 Å². The van der Waals surface area contributed by atoms with Gasteiger partial charge in [0.25, 0.3) is 0 Å². The largest absolute Gasteiger partial charge is 0.465 e. The standard InChI is InChI=1S/C14H19NO4/c16-13(12-6-7-15(8-12)14(17)18)10-19-9-11-4-2-1-3-5-11/h1-5,12-13,16H,6-10H2,(H,17,18)/t12-,13+/m0/s1. The highest BCUT2D eigenvalue weighted by Gasteiger charge is 2.30. The Morgan fingerprint density at radius 1 is 1.42 bits per heavy atom. The van der Waals surface area contributed by atoms with Crippen LogP contribution in [0.25, 0.3) is 0 Å². The molecule has 1 amide bonds. The smallest absolute Gasteiger partial charge is 0.407 e. The van der Waals surface area contributed by atoms with Gasteiger partial charge in [-0.15, -0.1) is 0 Å². The van der Waals surface area contributed by atoms with Crippen molar-refractivity contribution in [3.8, 4) is 0 Å². The van der Waals surface area contributed by atoms with Gasteiger partial charge in [0.05, 0.1) is 19.3 Å². The van der Waals surface area contributed by atoms with E-state index < -0.39 is 12.2 Å². The first kappa shape index (κ1) is 13.8. The number of hydrogen-bond donors (Lipinski definition) is 2. The summed E-state index contributed by atoms with van der Waals surface area (Å²) in [5.41, 5.74) is 1.06. The van der Waals surface area contributed by atoms with Crippen molar-refractivity contribution >= 4 is 6.09 Å². The van der Waals surface area contributed by atoms with Crippen LogP contribution in [0.4, 0.5) is 4.79 Å². The number of aliphatic hydroxyl groups excluding tert-OH is 1. The highest BCUT2D eigenvalue weighted by Crippen LogP contribution is 2.20. The van der Waals surface area contributed by atoms with Crippen molar-refractivity contribution in [3.05, 3.63) is 35.9 Å². The summed E-state index contributed by atoms with van der Waals surface area (Å²) in [6.07, 6.45) is -0.824. The van der Waals surface area contributed by atoms with E-state index in [4.69, 9.17) is 9.84 Å². The molecule has 0 radical (unpaired) electrons. The number of carbonyl (C=O) groups is 1. The molecule has 0 bridgehead atoms. The number of ether oxygens (including phenoxy) is 1. The first-order valence-electron chi connectivity index (χ1n) is 6.44. The fourth-order valence-corrected chi connectivity index (χ4v) is 2.28. The van der Waals surface area contributed by atoms with E-state index in [1.807, 2.05) is 30.3 Å². The van der Waals surface area contributed by atoms with Crippen LogP contribution >= 0.6 is 0 Å². The minimum absolute atomic E-state index is 0.0214. The Hall–Kier alpha value is -1.59. The molecule has 0 unspecified atom stereocenters. The number of likely N-dealkylation sites (tertiary alicyclic amines) is 1. The Bertz CT molecular complexity index is 409. The fourth-order valence-electron chi connectivity index (χ4n) is 2.28. The van der Waals surface area contributed by atoms with Gasteiger partial charge in [-0.25, -0.2) is 4.79 Å². The van der Waals surface area contributed by atoms with Crippen molar-refractivity contribution in [1.29, 1.82) is 0 Å². The molecule has 1 fully saturated rings. The van der Waals surface area contributed by atoms with Gasteiger partial charge in [-0.05, 0) is 12.0 Å². The molecule has 2 N–H and O–H groups in total. The third kappa shape index (κ3) is 3.94. The van der Waals surface area contributed by atoms with Gasteiger partial charge in [0.15, 0.2) is 0 Å². The molecule has 1 aromatic carbocycles. The molecule has 1 aliphatic rings. The molecule has 1 saturated heterocycles. The maximum atomic E-state index is 10.8. The summed E-state index contributed by atoms with van der Waals surface area (Å²) >= 11 is 0. The van der Waals surface area contributed by atoms with E-state index >= 15 is 0 Å². The highest BCUT2D eigenvalue weighted by molar-refractivity contribution is 5.65. The molecule has 5 nitrogen and oxygen atoms in total. The van der Waals surface area contributed by atoms with Crippen LogP contribution in [0.3, 0.4) is 0 Å². The first-order valence-corrected chi connectivity index (χ1v) is 6.44. The van der Waals surface area contributed by atoms with Crippen molar-refractivity contribution in [1.82, 2.24) is 4.90 Å². The van der Waals surface area contributed by atoms with Gasteiger partial charge in [-0.2, -0.15) is 0 Å². The first-order chi connectivity index (χ1) is 9.16. The van der Waals surface area contributed by atoms with Gasteiger partial charge < -0.3 is 19.8 Å². The molecule has 2 rings (SSSR count). The molecule has 0 saturated carbocycles. The van der Waals surface area contributed by atoms with Crippen LogP contribution in [0.15, 0.2) is 30.3 Å². The highest BCUT2D eigenvalue weighted by atomic mass is 16.5. The van der Waals surface area contributed by atoms with Crippen molar-refractivity contribution in [2.75, 3.05) is 19.7 Å². The lowest BCUT2D eigenvalue weighted by molar-refractivity contribution is 0.000533. The number of nitrogens with zero attached hydrogens (tertiary/aromatic N) is 1. The molecular formula is C14H19NO4. The van der Waals surface area contributed by atoms with E-state index in [0.29, 0.717) is 26.1 Å². The molecule has 5 heteroatoms. The maximum absolute atomic E-state index is 10.8. The van der Waals surface area contributed by atoms with Gasteiger partial charge in [-0.1, -0.05) is 30.3 Å². The summed E-state index contributed by atoms with van der Waals surface area (Å²) in [5, 5.41) is 18.8. The Balaban J connectivity index is 1.70. The summed E-state index contributed by atoms with van der Waals surface area (Å²) in [6.45, 7) is 1.60. The number of amides is 1. The fraction of sp³-hybridized carbons (Fsp3) is 0.500. The van der Waals surface area contributed by atoms with Crippen molar-refractivity contribution < 1.29 is 19.7 Å². The zero-order valence-electron chi connectivity index (χ0n) is 10.7. The van der Waals surface area contributed by atoms with Crippen LogP contribution in [0.5, 0.6) is 0 Å². The number of aliphatic hydroxyl groups is 1. The maximum Gasteiger partial charge on any atom is 0.407 e. The number of benzene rings is 1. The second kappa shape index (κ2) is 6.54. The Morgan fingerprint density at radius 3 is 2.79 bits per heavy atom. The summed E-state index contributed by atoms with van der Waals surface area (Å²) < 4.78 is 5.47. The third-order valence-corrected chi connectivity index (χ3v) is 3.44. The van der Waals surface area contributed by atoms with Crippen LogP contribution in [-0.4, -0.2) is 47.0 Å². The number of carboxylic acid groups (broad SMARTS) is 1. The van der Waals surface area contributed by atoms with Crippen molar-refractivity contribution in [2.24, 2.45) is 5.92 Å². The Kier molecular flexibility index (Phi) is 4.76. The third-order valence-electron chi connectivity index (χ3n) is 3.44. The van der Waals surface area contributed by atoms with Gasteiger partial charge >= 0.3 is 6.09 Å². The molecule has 1 aromatic rings. The lowest BCUT2D eigenvalue weighted by Crippen LogP contribution is -2.31. The molecule has 104 valence electrons. The van der Waals surface area contributed by atoms with Gasteiger partial charge in [0, 0.05) is 19.0 Å². The normalized spacial score (nSPS) is 20.5. The second-order valence-electron chi connectivity index (χ2n) is 4.85.